The molecule has 0 atom stereocenters. The molecule has 0 bridgehead atoms. The minimum atomic E-state index is 0.726. The van der Waals surface area contributed by atoms with Crippen LogP contribution in [-0.4, -0.2) is 23.0 Å². The van der Waals surface area contributed by atoms with Crippen molar-refractivity contribution in [2.75, 3.05) is 13.1 Å². The highest BCUT2D eigenvalue weighted by atomic mass is 16.4. The van der Waals surface area contributed by atoms with E-state index in [0.717, 1.165) is 29.7 Å². The van der Waals surface area contributed by atoms with Crippen molar-refractivity contribution >= 4 is 0 Å². The van der Waals surface area contributed by atoms with Gasteiger partial charge >= 0.3 is 0 Å². The fourth-order valence-corrected chi connectivity index (χ4v) is 2.87. The summed E-state index contributed by atoms with van der Waals surface area (Å²) in [6.45, 7) is 5.54. The molecular formula is C17H22N2O. The number of benzene rings is 1. The van der Waals surface area contributed by atoms with Crippen LogP contribution in [0.4, 0.5) is 0 Å². The maximum absolute atomic E-state index is 5.87. The van der Waals surface area contributed by atoms with Crippen LogP contribution in [0.5, 0.6) is 0 Å². The fraction of sp³-hybridized carbons (Fsp3) is 0.471. The molecule has 1 aliphatic rings. The summed E-state index contributed by atoms with van der Waals surface area (Å²) in [5.74, 6) is 2.61. The summed E-state index contributed by atoms with van der Waals surface area (Å²) >= 11 is 0. The van der Waals surface area contributed by atoms with Gasteiger partial charge in [0.15, 0.2) is 0 Å². The van der Waals surface area contributed by atoms with Gasteiger partial charge in [0.1, 0.15) is 5.76 Å². The predicted molar refractivity (Wildman–Crippen MR) is 80.2 cm³/mol. The molecule has 3 nitrogen and oxygen atoms in total. The Morgan fingerprint density at radius 3 is 2.65 bits per heavy atom. The number of hydrogen-bond donors (Lipinski definition) is 0. The first-order valence-corrected chi connectivity index (χ1v) is 7.57. The van der Waals surface area contributed by atoms with E-state index in [2.05, 4.69) is 16.8 Å². The molecule has 2 aromatic rings. The molecule has 2 heterocycles. The van der Waals surface area contributed by atoms with Crippen LogP contribution in [0.1, 0.15) is 31.9 Å². The second-order valence-corrected chi connectivity index (χ2v) is 5.63. The maximum Gasteiger partial charge on any atom is 0.226 e. The quantitative estimate of drug-likeness (QED) is 0.842. The van der Waals surface area contributed by atoms with Crippen molar-refractivity contribution in [2.45, 2.75) is 32.7 Å². The SMILES string of the molecule is CCC1CCN(Cc2cnc(-c3ccccc3)o2)CC1. The molecule has 0 aliphatic carbocycles. The number of rotatable bonds is 4. The lowest BCUT2D eigenvalue weighted by Crippen LogP contribution is -2.32. The van der Waals surface area contributed by atoms with Gasteiger partial charge in [0.05, 0.1) is 12.7 Å². The molecule has 106 valence electrons. The third-order valence-corrected chi connectivity index (χ3v) is 4.24. The second-order valence-electron chi connectivity index (χ2n) is 5.63. The van der Waals surface area contributed by atoms with Gasteiger partial charge in [0.2, 0.25) is 5.89 Å². The summed E-state index contributed by atoms with van der Waals surface area (Å²) in [5.41, 5.74) is 1.04. The van der Waals surface area contributed by atoms with E-state index in [1.54, 1.807) is 0 Å². The van der Waals surface area contributed by atoms with Crippen LogP contribution in [0.25, 0.3) is 11.5 Å². The van der Waals surface area contributed by atoms with E-state index in [4.69, 9.17) is 4.42 Å². The van der Waals surface area contributed by atoms with Gasteiger partial charge in [0, 0.05) is 5.56 Å². The molecule has 0 amide bonds. The van der Waals surface area contributed by atoms with E-state index in [-0.39, 0.29) is 0 Å². The first-order valence-electron chi connectivity index (χ1n) is 7.57. The highest BCUT2D eigenvalue weighted by molar-refractivity contribution is 5.52. The Labute approximate surface area is 120 Å². The van der Waals surface area contributed by atoms with Gasteiger partial charge in [0.25, 0.3) is 0 Å². The number of piperidine rings is 1. The van der Waals surface area contributed by atoms with Gasteiger partial charge in [-0.2, -0.15) is 0 Å². The normalized spacial score (nSPS) is 17.4. The third-order valence-electron chi connectivity index (χ3n) is 4.24. The zero-order valence-electron chi connectivity index (χ0n) is 12.1. The minimum absolute atomic E-state index is 0.726. The largest absolute Gasteiger partial charge is 0.440 e. The molecule has 0 saturated carbocycles. The maximum atomic E-state index is 5.87. The van der Waals surface area contributed by atoms with E-state index >= 15 is 0 Å². The first-order chi connectivity index (χ1) is 9.85. The number of hydrogen-bond acceptors (Lipinski definition) is 3. The molecule has 3 heteroatoms. The van der Waals surface area contributed by atoms with Crippen LogP contribution in [0.15, 0.2) is 40.9 Å². The molecule has 1 fully saturated rings. The van der Waals surface area contributed by atoms with Gasteiger partial charge in [-0.25, -0.2) is 4.98 Å². The highest BCUT2D eigenvalue weighted by Crippen LogP contribution is 2.23. The Bertz CT molecular complexity index is 527. The lowest BCUT2D eigenvalue weighted by molar-refractivity contribution is 0.165. The third kappa shape index (κ3) is 3.10. The van der Waals surface area contributed by atoms with Crippen molar-refractivity contribution in [2.24, 2.45) is 5.92 Å². The number of oxazole rings is 1. The lowest BCUT2D eigenvalue weighted by Gasteiger charge is -2.30. The average molecular weight is 270 g/mol. The van der Waals surface area contributed by atoms with E-state index in [1.165, 1.54) is 32.4 Å². The topological polar surface area (TPSA) is 29.3 Å². The average Bonchev–Trinajstić information content (AvgIpc) is 2.97. The van der Waals surface area contributed by atoms with Crippen LogP contribution >= 0.6 is 0 Å². The lowest BCUT2D eigenvalue weighted by atomic mass is 9.94. The number of likely N-dealkylation sites (tertiary alicyclic amines) is 1. The summed E-state index contributed by atoms with van der Waals surface area (Å²) < 4.78 is 5.87. The van der Waals surface area contributed by atoms with E-state index < -0.39 is 0 Å². The molecule has 0 spiro atoms. The van der Waals surface area contributed by atoms with Crippen LogP contribution in [0.2, 0.25) is 0 Å². The first kappa shape index (κ1) is 13.4. The molecule has 0 radical (unpaired) electrons. The van der Waals surface area contributed by atoms with Crippen molar-refractivity contribution in [1.82, 2.24) is 9.88 Å². The van der Waals surface area contributed by atoms with Gasteiger partial charge in [-0.1, -0.05) is 31.5 Å². The second kappa shape index (κ2) is 6.23. The monoisotopic (exact) mass is 270 g/mol. The Kier molecular flexibility index (Phi) is 4.16. The Hall–Kier alpha value is -1.61. The van der Waals surface area contributed by atoms with Crippen molar-refractivity contribution in [3.8, 4) is 11.5 Å². The molecule has 1 aliphatic heterocycles. The van der Waals surface area contributed by atoms with Crippen LogP contribution in [0.3, 0.4) is 0 Å². The summed E-state index contributed by atoms with van der Waals surface area (Å²) in [4.78, 5) is 6.86. The molecule has 0 N–H and O–H groups in total. The van der Waals surface area contributed by atoms with E-state index in [0.29, 0.717) is 0 Å². The number of aromatic nitrogens is 1. The summed E-state index contributed by atoms with van der Waals surface area (Å²) in [6, 6.07) is 10.1. The zero-order valence-corrected chi connectivity index (χ0v) is 12.1. The summed E-state index contributed by atoms with van der Waals surface area (Å²) in [5, 5.41) is 0. The van der Waals surface area contributed by atoms with E-state index in [9.17, 15) is 0 Å². The fourth-order valence-electron chi connectivity index (χ4n) is 2.87. The Balaban J connectivity index is 1.61. The minimum Gasteiger partial charge on any atom is -0.440 e. The molecular weight excluding hydrogens is 248 g/mol. The predicted octanol–water partition coefficient (Wildman–Crippen LogP) is 3.96. The Morgan fingerprint density at radius 2 is 1.95 bits per heavy atom. The number of nitrogens with zero attached hydrogens (tertiary/aromatic N) is 2. The van der Waals surface area contributed by atoms with Crippen LogP contribution in [0, 0.1) is 5.92 Å². The van der Waals surface area contributed by atoms with Crippen molar-refractivity contribution in [3.63, 3.8) is 0 Å². The summed E-state index contributed by atoms with van der Waals surface area (Å²) in [6.07, 6.45) is 5.81. The van der Waals surface area contributed by atoms with Crippen LogP contribution < -0.4 is 0 Å². The van der Waals surface area contributed by atoms with Crippen molar-refractivity contribution < 1.29 is 4.42 Å². The smallest absolute Gasteiger partial charge is 0.226 e. The molecule has 1 aromatic heterocycles. The van der Waals surface area contributed by atoms with Crippen molar-refractivity contribution in [3.05, 3.63) is 42.3 Å². The molecule has 20 heavy (non-hydrogen) atoms. The molecule has 1 saturated heterocycles. The van der Waals surface area contributed by atoms with E-state index in [1.807, 2.05) is 36.5 Å². The van der Waals surface area contributed by atoms with Gasteiger partial charge in [-0.05, 0) is 44.0 Å². The van der Waals surface area contributed by atoms with Crippen molar-refractivity contribution in [1.29, 1.82) is 0 Å². The molecule has 1 aromatic carbocycles. The zero-order chi connectivity index (χ0) is 13.8. The van der Waals surface area contributed by atoms with Gasteiger partial charge in [-0.15, -0.1) is 0 Å². The Morgan fingerprint density at radius 1 is 1.20 bits per heavy atom. The summed E-state index contributed by atoms with van der Waals surface area (Å²) in [7, 11) is 0. The standard InChI is InChI=1S/C17H22N2O/c1-2-14-8-10-19(11-9-14)13-16-12-18-17(20-16)15-6-4-3-5-7-15/h3-7,12,14H,2,8-11,13H2,1H3. The van der Waals surface area contributed by atoms with Crippen LogP contribution in [-0.2, 0) is 6.54 Å². The van der Waals surface area contributed by atoms with Gasteiger partial charge in [-0.3, -0.25) is 4.90 Å². The highest BCUT2D eigenvalue weighted by Gasteiger charge is 2.19. The molecule has 0 unspecified atom stereocenters. The molecule has 3 rings (SSSR count). The van der Waals surface area contributed by atoms with Gasteiger partial charge < -0.3 is 4.42 Å².